The molecule has 2 heterocycles. The van der Waals surface area contributed by atoms with Gasteiger partial charge in [-0.25, -0.2) is 4.79 Å². The van der Waals surface area contributed by atoms with E-state index in [1.807, 2.05) is 35.2 Å². The van der Waals surface area contributed by atoms with Crippen molar-refractivity contribution < 1.29 is 19.1 Å². The third kappa shape index (κ3) is 5.64. The van der Waals surface area contributed by atoms with Crippen molar-refractivity contribution in [2.45, 2.75) is 57.8 Å². The molecule has 1 aromatic carbocycles. The Labute approximate surface area is 199 Å². The van der Waals surface area contributed by atoms with Crippen LogP contribution in [0.25, 0.3) is 0 Å². The number of esters is 1. The van der Waals surface area contributed by atoms with Gasteiger partial charge in [-0.15, -0.1) is 11.3 Å². The number of methoxy groups -OCH3 is 1. The van der Waals surface area contributed by atoms with Gasteiger partial charge in [0.2, 0.25) is 11.8 Å². The number of hydrogen-bond donors (Lipinski definition) is 1. The van der Waals surface area contributed by atoms with Gasteiger partial charge < -0.3 is 15.0 Å². The van der Waals surface area contributed by atoms with E-state index in [-0.39, 0.29) is 23.7 Å². The van der Waals surface area contributed by atoms with Crippen molar-refractivity contribution >= 4 is 34.1 Å². The highest BCUT2D eigenvalue weighted by atomic mass is 32.1. The molecule has 0 bridgehead atoms. The number of amides is 2. The molecule has 0 unspecified atom stereocenters. The molecule has 1 N–H and O–H groups in total. The van der Waals surface area contributed by atoms with Crippen molar-refractivity contribution in [2.75, 3.05) is 25.5 Å². The fourth-order valence-corrected chi connectivity index (χ4v) is 6.09. The normalized spacial score (nSPS) is 16.6. The largest absolute Gasteiger partial charge is 0.465 e. The second-order valence-electron chi connectivity index (χ2n) is 8.89. The molecule has 4 rings (SSSR count). The molecule has 2 aromatic rings. The SMILES string of the molecule is COC(=O)c1c(NC(=O)C2CCN(C(=O)CCc3ccccc3)CC2)sc2c1CCCCC2. The van der Waals surface area contributed by atoms with Gasteiger partial charge in [-0.1, -0.05) is 36.8 Å². The summed E-state index contributed by atoms with van der Waals surface area (Å²) in [5.74, 6) is -0.445. The van der Waals surface area contributed by atoms with Crippen LogP contribution in [0.3, 0.4) is 0 Å². The third-order valence-corrected chi connectivity index (χ3v) is 7.94. The molecule has 1 aromatic heterocycles. The zero-order chi connectivity index (χ0) is 23.2. The molecule has 6 nitrogen and oxygen atoms in total. The number of benzene rings is 1. The van der Waals surface area contributed by atoms with Crippen LogP contribution in [-0.4, -0.2) is 42.9 Å². The first-order valence-electron chi connectivity index (χ1n) is 11.9. The van der Waals surface area contributed by atoms with Crippen LogP contribution in [0.5, 0.6) is 0 Å². The molecule has 2 aliphatic rings. The third-order valence-electron chi connectivity index (χ3n) is 6.74. The number of ether oxygens (including phenoxy) is 1. The van der Waals surface area contributed by atoms with E-state index in [1.54, 1.807) is 0 Å². The quantitative estimate of drug-likeness (QED) is 0.496. The molecule has 1 fully saturated rings. The number of nitrogens with zero attached hydrogens (tertiary/aromatic N) is 1. The van der Waals surface area contributed by atoms with Gasteiger partial charge in [0.05, 0.1) is 12.7 Å². The molecule has 1 aliphatic carbocycles. The summed E-state index contributed by atoms with van der Waals surface area (Å²) in [7, 11) is 1.39. The van der Waals surface area contributed by atoms with E-state index in [2.05, 4.69) is 5.32 Å². The van der Waals surface area contributed by atoms with E-state index in [1.165, 1.54) is 23.3 Å². The van der Waals surface area contributed by atoms with Crippen LogP contribution in [0.2, 0.25) is 0 Å². The molecular formula is C26H32N2O4S. The maximum Gasteiger partial charge on any atom is 0.341 e. The summed E-state index contributed by atoms with van der Waals surface area (Å²) in [6.07, 6.45) is 7.63. The van der Waals surface area contributed by atoms with Gasteiger partial charge in [0.25, 0.3) is 0 Å². The van der Waals surface area contributed by atoms with E-state index >= 15 is 0 Å². The highest BCUT2D eigenvalue weighted by molar-refractivity contribution is 7.17. The van der Waals surface area contributed by atoms with E-state index in [0.717, 1.165) is 49.7 Å². The molecule has 0 radical (unpaired) electrons. The number of thiophene rings is 1. The van der Waals surface area contributed by atoms with Crippen LogP contribution in [0.1, 0.15) is 64.9 Å². The molecule has 2 amide bonds. The fourth-order valence-electron chi connectivity index (χ4n) is 4.81. The van der Waals surface area contributed by atoms with Crippen LogP contribution in [0.4, 0.5) is 5.00 Å². The van der Waals surface area contributed by atoms with Gasteiger partial charge in [0, 0.05) is 30.3 Å². The molecule has 33 heavy (non-hydrogen) atoms. The van der Waals surface area contributed by atoms with Gasteiger partial charge in [0.15, 0.2) is 0 Å². The fraction of sp³-hybridized carbons (Fsp3) is 0.500. The summed E-state index contributed by atoms with van der Waals surface area (Å²) in [6, 6.07) is 10.0. The molecule has 0 spiro atoms. The average molecular weight is 469 g/mol. The zero-order valence-electron chi connectivity index (χ0n) is 19.2. The summed E-state index contributed by atoms with van der Waals surface area (Å²) >= 11 is 1.52. The second-order valence-corrected chi connectivity index (χ2v) is 10.00. The number of piperidine rings is 1. The highest BCUT2D eigenvalue weighted by Gasteiger charge is 2.30. The minimum Gasteiger partial charge on any atom is -0.465 e. The van der Waals surface area contributed by atoms with E-state index in [4.69, 9.17) is 4.74 Å². The number of rotatable bonds is 6. The van der Waals surface area contributed by atoms with Crippen molar-refractivity contribution in [3.63, 3.8) is 0 Å². The smallest absolute Gasteiger partial charge is 0.341 e. The second kappa shape index (κ2) is 11.0. The lowest BCUT2D eigenvalue weighted by Crippen LogP contribution is -2.41. The van der Waals surface area contributed by atoms with Gasteiger partial charge in [-0.2, -0.15) is 0 Å². The molecule has 1 saturated heterocycles. The number of carbonyl (C=O) groups is 3. The minimum absolute atomic E-state index is 0.0621. The van der Waals surface area contributed by atoms with Crippen LogP contribution in [0, 0.1) is 5.92 Å². The monoisotopic (exact) mass is 468 g/mol. The van der Waals surface area contributed by atoms with Crippen LogP contribution < -0.4 is 5.32 Å². The molecule has 0 atom stereocenters. The number of fused-ring (bicyclic) bond motifs is 1. The maximum atomic E-state index is 13.0. The van der Waals surface area contributed by atoms with Gasteiger partial charge in [-0.3, -0.25) is 9.59 Å². The predicted octanol–water partition coefficient (Wildman–Crippen LogP) is 4.61. The van der Waals surface area contributed by atoms with Crippen molar-refractivity contribution in [1.82, 2.24) is 4.90 Å². The first-order chi connectivity index (χ1) is 16.1. The Morgan fingerprint density at radius 3 is 2.52 bits per heavy atom. The van der Waals surface area contributed by atoms with E-state index < -0.39 is 0 Å². The topological polar surface area (TPSA) is 75.7 Å². The number of aryl methyl sites for hydroxylation is 2. The van der Waals surface area contributed by atoms with Crippen molar-refractivity contribution in [3.05, 3.63) is 51.9 Å². The number of anilines is 1. The predicted molar refractivity (Wildman–Crippen MR) is 130 cm³/mol. The minimum atomic E-state index is -0.372. The summed E-state index contributed by atoms with van der Waals surface area (Å²) in [5, 5.41) is 3.66. The van der Waals surface area contributed by atoms with Crippen LogP contribution in [0.15, 0.2) is 30.3 Å². The standard InChI is InChI=1S/C26H32N2O4S/c1-32-26(31)23-20-10-6-3-7-11-21(20)33-25(23)27-24(30)19-14-16-28(17-15-19)22(29)13-12-18-8-4-2-5-9-18/h2,4-5,8-9,19H,3,6-7,10-17H2,1H3,(H,27,30). The number of likely N-dealkylation sites (tertiary alicyclic amines) is 1. The highest BCUT2D eigenvalue weighted by Crippen LogP contribution is 2.38. The first kappa shape index (κ1) is 23.5. The molecule has 0 saturated carbocycles. The molecule has 1 aliphatic heterocycles. The summed E-state index contributed by atoms with van der Waals surface area (Å²) < 4.78 is 5.04. The Morgan fingerprint density at radius 1 is 1.06 bits per heavy atom. The summed E-state index contributed by atoms with van der Waals surface area (Å²) in [4.78, 5) is 41.2. The molecule has 7 heteroatoms. The Morgan fingerprint density at radius 2 is 1.79 bits per heavy atom. The van der Waals surface area contributed by atoms with Gasteiger partial charge in [-0.05, 0) is 56.1 Å². The number of nitrogens with one attached hydrogen (secondary N) is 1. The van der Waals surface area contributed by atoms with Crippen LogP contribution in [-0.2, 0) is 33.6 Å². The van der Waals surface area contributed by atoms with Gasteiger partial charge >= 0.3 is 5.97 Å². The van der Waals surface area contributed by atoms with Crippen molar-refractivity contribution in [3.8, 4) is 0 Å². The lowest BCUT2D eigenvalue weighted by atomic mass is 9.95. The maximum absolute atomic E-state index is 13.0. The first-order valence-corrected chi connectivity index (χ1v) is 12.7. The average Bonchev–Trinajstić information content (AvgIpc) is 3.02. The lowest BCUT2D eigenvalue weighted by Gasteiger charge is -2.31. The van der Waals surface area contributed by atoms with Gasteiger partial charge in [0.1, 0.15) is 5.00 Å². The zero-order valence-corrected chi connectivity index (χ0v) is 20.0. The Bertz CT molecular complexity index is 993. The van der Waals surface area contributed by atoms with Crippen LogP contribution >= 0.6 is 11.3 Å². The lowest BCUT2D eigenvalue weighted by molar-refractivity contribution is -0.134. The van der Waals surface area contributed by atoms with E-state index in [9.17, 15) is 14.4 Å². The van der Waals surface area contributed by atoms with E-state index in [0.29, 0.717) is 42.9 Å². The molecule has 176 valence electrons. The Kier molecular flexibility index (Phi) is 7.81. The Hall–Kier alpha value is -2.67. The van der Waals surface area contributed by atoms with Crippen molar-refractivity contribution in [2.24, 2.45) is 5.92 Å². The summed E-state index contributed by atoms with van der Waals surface area (Å²) in [5.41, 5.74) is 2.76. The Balaban J connectivity index is 1.34. The van der Waals surface area contributed by atoms with Crippen molar-refractivity contribution in [1.29, 1.82) is 0 Å². The number of hydrogen-bond acceptors (Lipinski definition) is 5. The molecular weight excluding hydrogens is 436 g/mol. The summed E-state index contributed by atoms with van der Waals surface area (Å²) in [6.45, 7) is 1.19. The number of carbonyl (C=O) groups excluding carboxylic acids is 3.